The first-order valence-corrected chi connectivity index (χ1v) is 6.03. The first-order chi connectivity index (χ1) is 6.77. The van der Waals surface area contributed by atoms with E-state index in [2.05, 4.69) is 0 Å². The molecule has 0 aromatic carbocycles. The van der Waals surface area contributed by atoms with Crippen LogP contribution in [0.1, 0.15) is 24.5 Å². The highest BCUT2D eigenvalue weighted by Crippen LogP contribution is 2.32. The Hall–Kier alpha value is -0.0900. The Morgan fingerprint density at radius 1 is 1.64 bits per heavy atom. The Labute approximate surface area is 92.5 Å². The van der Waals surface area contributed by atoms with Gasteiger partial charge in [-0.05, 0) is 29.9 Å². The minimum Gasteiger partial charge on any atom is -0.388 e. The summed E-state index contributed by atoms with van der Waals surface area (Å²) in [7, 11) is 0. The number of ether oxygens (including phenoxy) is 1. The first kappa shape index (κ1) is 10.4. The van der Waals surface area contributed by atoms with Crippen LogP contribution in [0.25, 0.3) is 0 Å². The summed E-state index contributed by atoms with van der Waals surface area (Å²) in [6.07, 6.45) is 1.66. The van der Waals surface area contributed by atoms with Crippen LogP contribution in [0.3, 0.4) is 0 Å². The summed E-state index contributed by atoms with van der Waals surface area (Å²) in [5, 5.41) is 11.9. The van der Waals surface area contributed by atoms with E-state index >= 15 is 0 Å². The van der Waals surface area contributed by atoms with Gasteiger partial charge in [-0.3, -0.25) is 0 Å². The molecule has 2 nitrogen and oxygen atoms in total. The molecule has 14 heavy (non-hydrogen) atoms. The molecule has 0 spiro atoms. The van der Waals surface area contributed by atoms with Crippen molar-refractivity contribution in [2.75, 3.05) is 13.2 Å². The second-order valence-electron chi connectivity index (χ2n) is 3.61. The van der Waals surface area contributed by atoms with Crippen molar-refractivity contribution in [2.45, 2.75) is 18.9 Å². The highest BCUT2D eigenvalue weighted by molar-refractivity contribution is 7.14. The van der Waals surface area contributed by atoms with E-state index in [4.69, 9.17) is 16.3 Å². The van der Waals surface area contributed by atoms with Crippen LogP contribution in [-0.2, 0) is 4.74 Å². The second kappa shape index (κ2) is 4.62. The van der Waals surface area contributed by atoms with Crippen LogP contribution in [-0.4, -0.2) is 18.3 Å². The molecule has 1 N–H and O–H groups in total. The highest BCUT2D eigenvalue weighted by atomic mass is 35.5. The topological polar surface area (TPSA) is 29.5 Å². The molecule has 1 saturated heterocycles. The number of aliphatic hydroxyl groups is 1. The summed E-state index contributed by atoms with van der Waals surface area (Å²) < 4.78 is 6.07. The van der Waals surface area contributed by atoms with Gasteiger partial charge in [0.1, 0.15) is 0 Å². The SMILES string of the molecule is OC(c1csc(Cl)c1)C1CCCOC1. The molecule has 0 bridgehead atoms. The average Bonchev–Trinajstić information content (AvgIpc) is 2.65. The van der Waals surface area contributed by atoms with Crippen LogP contribution >= 0.6 is 22.9 Å². The minimum absolute atomic E-state index is 0.231. The molecule has 2 unspecified atom stereocenters. The van der Waals surface area contributed by atoms with Gasteiger partial charge in [0.15, 0.2) is 0 Å². The van der Waals surface area contributed by atoms with Crippen molar-refractivity contribution in [1.82, 2.24) is 0 Å². The van der Waals surface area contributed by atoms with Gasteiger partial charge >= 0.3 is 0 Å². The van der Waals surface area contributed by atoms with Gasteiger partial charge in [0.2, 0.25) is 0 Å². The summed E-state index contributed by atoms with van der Waals surface area (Å²) in [5.41, 5.74) is 0.926. The molecule has 2 atom stereocenters. The zero-order chi connectivity index (χ0) is 9.97. The van der Waals surface area contributed by atoms with Crippen molar-refractivity contribution in [3.63, 3.8) is 0 Å². The molecule has 1 aliphatic heterocycles. The summed E-state index contributed by atoms with van der Waals surface area (Å²) >= 11 is 7.28. The number of halogens is 1. The van der Waals surface area contributed by atoms with E-state index in [1.165, 1.54) is 11.3 Å². The van der Waals surface area contributed by atoms with Crippen LogP contribution in [0, 0.1) is 5.92 Å². The molecule has 0 radical (unpaired) electrons. The van der Waals surface area contributed by atoms with Crippen LogP contribution in [0.15, 0.2) is 11.4 Å². The molecule has 0 saturated carbocycles. The summed E-state index contributed by atoms with van der Waals surface area (Å²) in [6, 6.07) is 1.84. The van der Waals surface area contributed by atoms with E-state index in [1.807, 2.05) is 11.4 Å². The summed E-state index contributed by atoms with van der Waals surface area (Å²) in [6.45, 7) is 1.49. The molecule has 2 heterocycles. The molecular formula is C10H13ClO2S. The lowest BCUT2D eigenvalue weighted by molar-refractivity contribution is -0.00981. The molecule has 2 rings (SSSR count). The van der Waals surface area contributed by atoms with Crippen molar-refractivity contribution in [1.29, 1.82) is 0 Å². The van der Waals surface area contributed by atoms with Crippen molar-refractivity contribution < 1.29 is 9.84 Å². The summed E-state index contributed by atoms with van der Waals surface area (Å²) in [5.74, 6) is 0.231. The quantitative estimate of drug-likeness (QED) is 0.850. The molecule has 1 aliphatic rings. The number of rotatable bonds is 2. The predicted molar refractivity (Wildman–Crippen MR) is 57.8 cm³/mol. The maximum Gasteiger partial charge on any atom is 0.0932 e. The second-order valence-corrected chi connectivity index (χ2v) is 5.15. The molecule has 1 aromatic heterocycles. The number of aliphatic hydroxyl groups excluding tert-OH is 1. The van der Waals surface area contributed by atoms with Crippen LogP contribution in [0.5, 0.6) is 0 Å². The van der Waals surface area contributed by atoms with Gasteiger partial charge in [-0.25, -0.2) is 0 Å². The molecule has 1 aromatic rings. The Balaban J connectivity index is 2.03. The van der Waals surface area contributed by atoms with E-state index in [0.29, 0.717) is 6.61 Å². The Morgan fingerprint density at radius 3 is 3.07 bits per heavy atom. The van der Waals surface area contributed by atoms with Crippen molar-refractivity contribution >= 4 is 22.9 Å². The molecular weight excluding hydrogens is 220 g/mol. The first-order valence-electron chi connectivity index (χ1n) is 4.77. The van der Waals surface area contributed by atoms with Gasteiger partial charge in [-0.2, -0.15) is 0 Å². The highest BCUT2D eigenvalue weighted by Gasteiger charge is 2.24. The van der Waals surface area contributed by atoms with Crippen molar-refractivity contribution in [2.24, 2.45) is 5.92 Å². The lowest BCUT2D eigenvalue weighted by atomic mass is 9.92. The third-order valence-corrected chi connectivity index (χ3v) is 3.68. The van der Waals surface area contributed by atoms with Gasteiger partial charge in [-0.15, -0.1) is 11.3 Å². The van der Waals surface area contributed by atoms with E-state index in [0.717, 1.165) is 29.3 Å². The predicted octanol–water partition coefficient (Wildman–Crippen LogP) is 2.86. The van der Waals surface area contributed by atoms with Crippen LogP contribution in [0.4, 0.5) is 0 Å². The van der Waals surface area contributed by atoms with Gasteiger partial charge in [0.25, 0.3) is 0 Å². The summed E-state index contributed by atoms with van der Waals surface area (Å²) in [4.78, 5) is 0. The van der Waals surface area contributed by atoms with E-state index < -0.39 is 6.10 Å². The Kier molecular flexibility index (Phi) is 3.44. The molecule has 0 amide bonds. The average molecular weight is 233 g/mol. The molecule has 0 aliphatic carbocycles. The van der Waals surface area contributed by atoms with E-state index in [-0.39, 0.29) is 5.92 Å². The fourth-order valence-corrected chi connectivity index (χ4v) is 2.69. The van der Waals surface area contributed by atoms with Gasteiger partial charge in [-0.1, -0.05) is 11.6 Å². The van der Waals surface area contributed by atoms with Gasteiger partial charge < -0.3 is 9.84 Å². The molecule has 4 heteroatoms. The standard InChI is InChI=1S/C10H13ClO2S/c11-9-4-8(6-14-9)10(12)7-2-1-3-13-5-7/h4,6-7,10,12H,1-3,5H2. The van der Waals surface area contributed by atoms with E-state index in [9.17, 15) is 5.11 Å². The Bertz CT molecular complexity index is 294. The number of hydrogen-bond acceptors (Lipinski definition) is 3. The molecule has 1 fully saturated rings. The smallest absolute Gasteiger partial charge is 0.0932 e. The van der Waals surface area contributed by atoms with Gasteiger partial charge in [0, 0.05) is 12.5 Å². The normalized spacial score (nSPS) is 24.9. The zero-order valence-electron chi connectivity index (χ0n) is 7.78. The number of hydrogen-bond donors (Lipinski definition) is 1. The Morgan fingerprint density at radius 2 is 2.50 bits per heavy atom. The number of thiophene rings is 1. The van der Waals surface area contributed by atoms with Crippen LogP contribution < -0.4 is 0 Å². The third kappa shape index (κ3) is 2.28. The lowest BCUT2D eigenvalue weighted by Crippen LogP contribution is -2.23. The van der Waals surface area contributed by atoms with Crippen LogP contribution in [0.2, 0.25) is 4.34 Å². The van der Waals surface area contributed by atoms with E-state index in [1.54, 1.807) is 0 Å². The van der Waals surface area contributed by atoms with Gasteiger partial charge in [0.05, 0.1) is 17.0 Å². The third-order valence-electron chi connectivity index (χ3n) is 2.57. The maximum absolute atomic E-state index is 10.0. The monoisotopic (exact) mass is 232 g/mol. The fourth-order valence-electron chi connectivity index (χ4n) is 1.77. The fraction of sp³-hybridized carbons (Fsp3) is 0.600. The van der Waals surface area contributed by atoms with Crippen molar-refractivity contribution in [3.8, 4) is 0 Å². The van der Waals surface area contributed by atoms with Crippen molar-refractivity contribution in [3.05, 3.63) is 21.3 Å². The zero-order valence-corrected chi connectivity index (χ0v) is 9.35. The minimum atomic E-state index is -0.418. The molecule has 78 valence electrons. The maximum atomic E-state index is 10.0. The largest absolute Gasteiger partial charge is 0.388 e. The lowest BCUT2D eigenvalue weighted by Gasteiger charge is -2.26.